The Kier molecular flexibility index (Phi) is 9.15. The molecule has 34 heavy (non-hydrogen) atoms. The molecule has 2 heterocycles. The van der Waals surface area contributed by atoms with E-state index in [1.165, 1.54) is 23.5 Å². The van der Waals surface area contributed by atoms with Crippen LogP contribution in [-0.2, 0) is 9.53 Å². The Labute approximate surface area is 208 Å². The van der Waals surface area contributed by atoms with Gasteiger partial charge in [-0.25, -0.2) is 9.37 Å². The Morgan fingerprint density at radius 1 is 1.24 bits per heavy atom. The summed E-state index contributed by atoms with van der Waals surface area (Å²) in [5, 5.41) is 0.709. The number of morpholine rings is 1. The maximum atomic E-state index is 13.3. The van der Waals surface area contributed by atoms with Crippen molar-refractivity contribution in [2.75, 3.05) is 56.7 Å². The van der Waals surface area contributed by atoms with E-state index in [2.05, 4.69) is 4.90 Å². The third-order valence-corrected chi connectivity index (χ3v) is 7.62. The average Bonchev–Trinajstić information content (AvgIpc) is 3.29. The topological polar surface area (TPSA) is 54.9 Å². The van der Waals surface area contributed by atoms with Crippen LogP contribution >= 0.6 is 23.1 Å². The minimum absolute atomic E-state index is 0.0496. The molecular weight excluding hydrogens is 473 g/mol. The van der Waals surface area contributed by atoms with Gasteiger partial charge in [-0.15, -0.1) is 11.8 Å². The quantitative estimate of drug-likeness (QED) is 0.341. The van der Waals surface area contributed by atoms with Gasteiger partial charge < -0.3 is 9.47 Å². The van der Waals surface area contributed by atoms with Gasteiger partial charge >= 0.3 is 0 Å². The zero-order chi connectivity index (χ0) is 23.8. The van der Waals surface area contributed by atoms with E-state index in [1.807, 2.05) is 30.0 Å². The number of anilines is 1. The van der Waals surface area contributed by atoms with Crippen LogP contribution in [0.15, 0.2) is 47.4 Å². The Balaban J connectivity index is 1.45. The van der Waals surface area contributed by atoms with Crippen LogP contribution in [-0.4, -0.2) is 67.5 Å². The fourth-order valence-corrected chi connectivity index (χ4v) is 5.69. The number of hydrogen-bond donors (Lipinski definition) is 0. The molecule has 0 radical (unpaired) electrons. The van der Waals surface area contributed by atoms with Gasteiger partial charge in [-0.05, 0) is 49.7 Å². The van der Waals surface area contributed by atoms with Gasteiger partial charge in [0.15, 0.2) is 5.13 Å². The highest BCUT2D eigenvalue weighted by Gasteiger charge is 2.21. The molecule has 1 aromatic heterocycles. The van der Waals surface area contributed by atoms with Crippen LogP contribution in [0.25, 0.3) is 10.2 Å². The minimum atomic E-state index is -0.255. The van der Waals surface area contributed by atoms with Gasteiger partial charge in [0.2, 0.25) is 5.91 Å². The molecule has 4 rings (SSSR count). The van der Waals surface area contributed by atoms with E-state index in [1.54, 1.807) is 23.9 Å². The number of fused-ring (bicyclic) bond motifs is 1. The van der Waals surface area contributed by atoms with Crippen molar-refractivity contribution in [3.63, 3.8) is 0 Å². The molecule has 0 spiro atoms. The van der Waals surface area contributed by atoms with Crippen LogP contribution in [0.3, 0.4) is 0 Å². The van der Waals surface area contributed by atoms with Crippen molar-refractivity contribution >= 4 is 44.4 Å². The van der Waals surface area contributed by atoms with Crippen LogP contribution in [0.4, 0.5) is 9.52 Å². The lowest BCUT2D eigenvalue weighted by atomic mass is 10.3. The van der Waals surface area contributed by atoms with E-state index in [0.29, 0.717) is 30.5 Å². The number of benzene rings is 2. The maximum absolute atomic E-state index is 13.3. The van der Waals surface area contributed by atoms with Crippen LogP contribution < -0.4 is 9.64 Å². The first kappa shape index (κ1) is 24.9. The summed E-state index contributed by atoms with van der Waals surface area (Å²) >= 11 is 3.08. The molecule has 0 atom stereocenters. The number of thiazole rings is 1. The third-order valence-electron chi connectivity index (χ3n) is 5.56. The van der Waals surface area contributed by atoms with Crippen molar-refractivity contribution in [2.45, 2.75) is 24.7 Å². The standard InChI is InChI=1S/C25H30FN3O3S2/c1-2-32-21-5-3-6-22-24(21)27-25(34-22)29(13-4-12-28-14-16-31-17-15-28)23(30)11-18-33-20-9-7-19(26)8-10-20/h3,5-10H,2,4,11-18H2,1H3. The monoisotopic (exact) mass is 503 g/mol. The lowest BCUT2D eigenvalue weighted by Gasteiger charge is -2.27. The van der Waals surface area contributed by atoms with Gasteiger partial charge in [0, 0.05) is 43.2 Å². The fourth-order valence-electron chi connectivity index (χ4n) is 3.83. The van der Waals surface area contributed by atoms with Crippen molar-refractivity contribution in [3.05, 3.63) is 48.3 Å². The largest absolute Gasteiger partial charge is 0.492 e. The average molecular weight is 504 g/mol. The highest BCUT2D eigenvalue weighted by Crippen LogP contribution is 2.34. The van der Waals surface area contributed by atoms with Gasteiger partial charge in [-0.3, -0.25) is 14.6 Å². The van der Waals surface area contributed by atoms with Crippen molar-refractivity contribution in [1.29, 1.82) is 0 Å². The molecule has 1 amide bonds. The normalized spacial score (nSPS) is 14.4. The number of nitrogens with zero attached hydrogens (tertiary/aromatic N) is 3. The predicted molar refractivity (Wildman–Crippen MR) is 137 cm³/mol. The van der Waals surface area contributed by atoms with Gasteiger partial charge in [-0.2, -0.15) is 0 Å². The lowest BCUT2D eigenvalue weighted by Crippen LogP contribution is -2.39. The van der Waals surface area contributed by atoms with Gasteiger partial charge in [0.1, 0.15) is 17.1 Å². The molecule has 0 N–H and O–H groups in total. The summed E-state index contributed by atoms with van der Waals surface area (Å²) in [6.45, 7) is 7.44. The van der Waals surface area contributed by atoms with E-state index < -0.39 is 0 Å². The lowest BCUT2D eigenvalue weighted by molar-refractivity contribution is -0.118. The number of amides is 1. The molecule has 1 saturated heterocycles. The zero-order valence-corrected chi connectivity index (χ0v) is 21.0. The molecular formula is C25H30FN3O3S2. The Hall–Kier alpha value is -2.20. The van der Waals surface area contributed by atoms with E-state index >= 15 is 0 Å². The molecule has 182 valence electrons. The highest BCUT2D eigenvalue weighted by molar-refractivity contribution is 7.99. The van der Waals surface area contributed by atoms with Crippen molar-refractivity contribution in [2.24, 2.45) is 0 Å². The second-order valence-electron chi connectivity index (χ2n) is 7.94. The predicted octanol–water partition coefficient (Wildman–Crippen LogP) is 5.07. The first-order valence-corrected chi connectivity index (χ1v) is 13.5. The number of ether oxygens (including phenoxy) is 2. The SMILES string of the molecule is CCOc1cccc2sc(N(CCCN3CCOCC3)C(=O)CCSc3ccc(F)cc3)nc12. The summed E-state index contributed by atoms with van der Waals surface area (Å²) < 4.78 is 25.3. The van der Waals surface area contributed by atoms with Crippen LogP contribution in [0, 0.1) is 5.82 Å². The molecule has 0 saturated carbocycles. The first-order valence-electron chi connectivity index (χ1n) is 11.6. The molecule has 2 aromatic carbocycles. The zero-order valence-electron chi connectivity index (χ0n) is 19.4. The number of halogens is 1. The van der Waals surface area contributed by atoms with Gasteiger partial charge in [0.05, 0.1) is 24.5 Å². The maximum Gasteiger partial charge on any atom is 0.229 e. The highest BCUT2D eigenvalue weighted by atomic mass is 32.2. The molecule has 9 heteroatoms. The summed E-state index contributed by atoms with van der Waals surface area (Å²) in [5.74, 6) is 1.16. The molecule has 0 aliphatic carbocycles. The molecule has 1 aliphatic rings. The Morgan fingerprint density at radius 2 is 2.03 bits per heavy atom. The second kappa shape index (κ2) is 12.5. The van der Waals surface area contributed by atoms with Gasteiger partial charge in [0.25, 0.3) is 0 Å². The summed E-state index contributed by atoms with van der Waals surface area (Å²) in [5.41, 5.74) is 0.802. The summed E-state index contributed by atoms with van der Waals surface area (Å²) in [6.07, 6.45) is 1.25. The van der Waals surface area contributed by atoms with E-state index in [-0.39, 0.29) is 11.7 Å². The van der Waals surface area contributed by atoms with Gasteiger partial charge in [-0.1, -0.05) is 17.4 Å². The number of hydrogen-bond acceptors (Lipinski definition) is 7. The Bertz CT molecular complexity index is 1070. The molecule has 1 fully saturated rings. The van der Waals surface area contributed by atoms with E-state index in [9.17, 15) is 9.18 Å². The third kappa shape index (κ3) is 6.69. The summed E-state index contributed by atoms with van der Waals surface area (Å²) in [4.78, 5) is 23.3. The number of thioether (sulfide) groups is 1. The molecule has 0 bridgehead atoms. The molecule has 1 aliphatic heterocycles. The van der Waals surface area contributed by atoms with Crippen molar-refractivity contribution in [1.82, 2.24) is 9.88 Å². The van der Waals surface area contributed by atoms with Crippen molar-refractivity contribution in [3.8, 4) is 5.75 Å². The smallest absolute Gasteiger partial charge is 0.229 e. The number of carbonyl (C=O) groups excluding carboxylic acids is 1. The first-order chi connectivity index (χ1) is 16.6. The molecule has 0 unspecified atom stereocenters. The molecule has 3 aromatic rings. The van der Waals surface area contributed by atoms with E-state index in [4.69, 9.17) is 14.5 Å². The Morgan fingerprint density at radius 3 is 2.79 bits per heavy atom. The summed E-state index contributed by atoms with van der Waals surface area (Å²) in [6, 6.07) is 12.3. The molecule has 6 nitrogen and oxygen atoms in total. The minimum Gasteiger partial charge on any atom is -0.492 e. The van der Waals surface area contributed by atoms with Crippen LogP contribution in [0.2, 0.25) is 0 Å². The van der Waals surface area contributed by atoms with Crippen molar-refractivity contribution < 1.29 is 18.7 Å². The number of rotatable bonds is 11. The fraction of sp³-hybridized carbons (Fsp3) is 0.440. The summed E-state index contributed by atoms with van der Waals surface area (Å²) in [7, 11) is 0. The number of carbonyl (C=O) groups is 1. The van der Waals surface area contributed by atoms with E-state index in [0.717, 1.165) is 60.1 Å². The second-order valence-corrected chi connectivity index (χ2v) is 10.1. The van der Waals surface area contributed by atoms with Crippen LogP contribution in [0.5, 0.6) is 5.75 Å². The van der Waals surface area contributed by atoms with Crippen LogP contribution in [0.1, 0.15) is 19.8 Å². The number of aromatic nitrogens is 1. The number of para-hydroxylation sites is 1.